The summed E-state index contributed by atoms with van der Waals surface area (Å²) in [6, 6.07) is 2.00. The molecule has 2 aromatic rings. The molecular weight excluding hydrogens is 274 g/mol. The molecule has 98 valence electrons. The lowest BCUT2D eigenvalue weighted by atomic mass is 10.3. The molecule has 0 amide bonds. The van der Waals surface area contributed by atoms with Crippen molar-refractivity contribution < 1.29 is 9.84 Å². The average Bonchev–Trinajstić information content (AvgIpc) is 2.66. The second-order valence-electron chi connectivity index (χ2n) is 3.91. The molecule has 1 unspecified atom stereocenters. The van der Waals surface area contributed by atoms with E-state index in [1.54, 1.807) is 18.4 Å². The van der Waals surface area contributed by atoms with Gasteiger partial charge >= 0.3 is 0 Å². The lowest BCUT2D eigenvalue weighted by molar-refractivity contribution is 0.0727. The van der Waals surface area contributed by atoms with Crippen molar-refractivity contribution in [2.45, 2.75) is 13.0 Å². The zero-order valence-electron chi connectivity index (χ0n) is 10.1. The third-order valence-corrected chi connectivity index (χ3v) is 3.47. The summed E-state index contributed by atoms with van der Waals surface area (Å²) >= 11 is 7.43. The number of methoxy groups -OCH3 is 1. The summed E-state index contributed by atoms with van der Waals surface area (Å²) in [6.07, 6.45) is -0.585. The highest BCUT2D eigenvalue weighted by atomic mass is 35.5. The molecule has 2 aromatic heterocycles. The second kappa shape index (κ2) is 5.79. The molecule has 0 spiro atoms. The Bertz CT molecular complexity index is 546. The van der Waals surface area contributed by atoms with Gasteiger partial charge in [-0.15, -0.1) is 11.3 Å². The maximum atomic E-state index is 9.60. The van der Waals surface area contributed by atoms with E-state index in [2.05, 4.69) is 15.3 Å². The molecule has 0 radical (unpaired) electrons. The molecule has 2 N–H and O–H groups in total. The first-order valence-electron chi connectivity index (χ1n) is 5.44. The summed E-state index contributed by atoms with van der Waals surface area (Å²) in [5.41, 5.74) is 0. The van der Waals surface area contributed by atoms with E-state index in [1.807, 2.05) is 13.0 Å². The van der Waals surface area contributed by atoms with Crippen molar-refractivity contribution in [2.75, 3.05) is 25.6 Å². The van der Waals surface area contributed by atoms with Crippen molar-refractivity contribution in [2.24, 2.45) is 0 Å². The number of nitrogens with zero attached hydrogens (tertiary/aromatic N) is 2. The zero-order chi connectivity index (χ0) is 13.1. The number of fused-ring (bicyclic) bond motifs is 1. The molecule has 5 nitrogen and oxygen atoms in total. The molecule has 7 heteroatoms. The molecule has 0 saturated heterocycles. The molecule has 2 rings (SSSR count). The normalized spacial score (nSPS) is 12.9. The Morgan fingerprint density at radius 2 is 2.33 bits per heavy atom. The van der Waals surface area contributed by atoms with E-state index in [4.69, 9.17) is 16.3 Å². The summed E-state index contributed by atoms with van der Waals surface area (Å²) in [5, 5.41) is 13.8. The van der Waals surface area contributed by atoms with E-state index < -0.39 is 6.10 Å². The van der Waals surface area contributed by atoms with Crippen LogP contribution in [0.25, 0.3) is 10.2 Å². The molecule has 0 saturated carbocycles. The van der Waals surface area contributed by atoms with Crippen molar-refractivity contribution >= 4 is 39.0 Å². The van der Waals surface area contributed by atoms with Gasteiger partial charge in [-0.1, -0.05) is 0 Å². The number of aryl methyl sites for hydroxylation is 1. The number of hydrogen-bond donors (Lipinski definition) is 2. The summed E-state index contributed by atoms with van der Waals surface area (Å²) in [4.78, 5) is 10.3. The number of rotatable bonds is 5. The van der Waals surface area contributed by atoms with Crippen LogP contribution in [0.1, 0.15) is 4.88 Å². The molecule has 0 aliphatic heterocycles. The molecule has 0 aliphatic carbocycles. The number of halogens is 1. The van der Waals surface area contributed by atoms with Crippen molar-refractivity contribution in [3.05, 3.63) is 16.2 Å². The Labute approximate surface area is 114 Å². The highest BCUT2D eigenvalue weighted by molar-refractivity contribution is 7.18. The number of hydrogen-bond acceptors (Lipinski definition) is 6. The van der Waals surface area contributed by atoms with Crippen LogP contribution in [0, 0.1) is 6.92 Å². The third-order valence-electron chi connectivity index (χ3n) is 2.35. The number of thiophene rings is 1. The summed E-state index contributed by atoms with van der Waals surface area (Å²) in [6.45, 7) is 2.63. The topological polar surface area (TPSA) is 67.3 Å². The maximum Gasteiger partial charge on any atom is 0.225 e. The van der Waals surface area contributed by atoms with Crippen LogP contribution >= 0.6 is 22.9 Å². The van der Waals surface area contributed by atoms with Crippen LogP contribution in [0.3, 0.4) is 0 Å². The standard InChI is InChI=1S/C11H14ClN3O2S/c1-6-3-8-9(13-4-7(16)5-17-2)14-11(12)15-10(8)18-6/h3,7,16H,4-5H2,1-2H3,(H,13,14,15). The molecule has 0 fully saturated rings. The van der Waals surface area contributed by atoms with E-state index in [1.165, 1.54) is 0 Å². The monoisotopic (exact) mass is 287 g/mol. The highest BCUT2D eigenvalue weighted by Gasteiger charge is 2.11. The van der Waals surface area contributed by atoms with Gasteiger partial charge in [0.15, 0.2) is 0 Å². The van der Waals surface area contributed by atoms with E-state index in [0.717, 1.165) is 15.1 Å². The molecule has 2 heterocycles. The second-order valence-corrected chi connectivity index (χ2v) is 5.48. The number of aromatic nitrogens is 2. The fourth-order valence-electron chi connectivity index (χ4n) is 1.62. The van der Waals surface area contributed by atoms with E-state index in [-0.39, 0.29) is 11.9 Å². The minimum atomic E-state index is -0.585. The first-order valence-corrected chi connectivity index (χ1v) is 6.64. The van der Waals surface area contributed by atoms with Crippen LogP contribution in [0.15, 0.2) is 6.07 Å². The summed E-state index contributed by atoms with van der Waals surface area (Å²) < 4.78 is 4.86. The van der Waals surface area contributed by atoms with Crippen LogP contribution < -0.4 is 5.32 Å². The highest BCUT2D eigenvalue weighted by Crippen LogP contribution is 2.29. The molecule has 0 aliphatic rings. The number of ether oxygens (including phenoxy) is 1. The summed E-state index contributed by atoms with van der Waals surface area (Å²) in [7, 11) is 1.55. The first kappa shape index (κ1) is 13.5. The van der Waals surface area contributed by atoms with Gasteiger partial charge in [0.25, 0.3) is 0 Å². The smallest absolute Gasteiger partial charge is 0.225 e. The predicted molar refractivity (Wildman–Crippen MR) is 73.5 cm³/mol. The van der Waals surface area contributed by atoms with Crippen LogP contribution in [-0.2, 0) is 4.74 Å². The first-order chi connectivity index (χ1) is 8.60. The molecule has 1 atom stereocenters. The minimum absolute atomic E-state index is 0.202. The van der Waals surface area contributed by atoms with Crippen molar-refractivity contribution in [1.29, 1.82) is 0 Å². The molecule has 0 bridgehead atoms. The largest absolute Gasteiger partial charge is 0.389 e. The summed E-state index contributed by atoms with van der Waals surface area (Å²) in [5.74, 6) is 0.643. The quantitative estimate of drug-likeness (QED) is 0.824. The zero-order valence-corrected chi connectivity index (χ0v) is 11.7. The Kier molecular flexibility index (Phi) is 4.34. The van der Waals surface area contributed by atoms with E-state index in [9.17, 15) is 5.11 Å². The average molecular weight is 288 g/mol. The van der Waals surface area contributed by atoms with Gasteiger partial charge in [0.2, 0.25) is 5.28 Å². The minimum Gasteiger partial charge on any atom is -0.389 e. The fraction of sp³-hybridized carbons (Fsp3) is 0.455. The van der Waals surface area contributed by atoms with Gasteiger partial charge in [0.05, 0.1) is 18.1 Å². The SMILES string of the molecule is COCC(O)CNc1nc(Cl)nc2sc(C)cc12. The Morgan fingerprint density at radius 1 is 1.56 bits per heavy atom. The molecule has 18 heavy (non-hydrogen) atoms. The molecule has 0 aromatic carbocycles. The van der Waals surface area contributed by atoms with Crippen molar-refractivity contribution in [3.8, 4) is 0 Å². The Hall–Kier alpha value is -0.950. The Balaban J connectivity index is 2.21. The van der Waals surface area contributed by atoms with Gasteiger partial charge in [0.1, 0.15) is 10.6 Å². The van der Waals surface area contributed by atoms with Crippen molar-refractivity contribution in [1.82, 2.24) is 9.97 Å². The molecular formula is C11H14ClN3O2S. The van der Waals surface area contributed by atoms with Gasteiger partial charge in [-0.05, 0) is 24.6 Å². The van der Waals surface area contributed by atoms with Crippen LogP contribution in [0.4, 0.5) is 5.82 Å². The third kappa shape index (κ3) is 3.08. The number of aliphatic hydroxyl groups is 1. The predicted octanol–water partition coefficient (Wildman–Crippen LogP) is 2.07. The Morgan fingerprint density at radius 3 is 3.06 bits per heavy atom. The number of anilines is 1. The lowest BCUT2D eigenvalue weighted by Crippen LogP contribution is -2.24. The van der Waals surface area contributed by atoms with Crippen LogP contribution in [-0.4, -0.2) is 41.4 Å². The maximum absolute atomic E-state index is 9.60. The van der Waals surface area contributed by atoms with E-state index >= 15 is 0 Å². The van der Waals surface area contributed by atoms with Gasteiger partial charge in [-0.2, -0.15) is 0 Å². The fourth-order valence-corrected chi connectivity index (χ4v) is 2.72. The number of aliphatic hydroxyl groups excluding tert-OH is 1. The van der Waals surface area contributed by atoms with E-state index in [0.29, 0.717) is 12.4 Å². The van der Waals surface area contributed by atoms with Gasteiger partial charge in [0, 0.05) is 18.5 Å². The van der Waals surface area contributed by atoms with Crippen LogP contribution in [0.5, 0.6) is 0 Å². The van der Waals surface area contributed by atoms with Gasteiger partial charge in [-0.25, -0.2) is 9.97 Å². The van der Waals surface area contributed by atoms with Gasteiger partial charge < -0.3 is 15.2 Å². The van der Waals surface area contributed by atoms with Crippen LogP contribution in [0.2, 0.25) is 5.28 Å². The lowest BCUT2D eigenvalue weighted by Gasteiger charge is -2.11. The van der Waals surface area contributed by atoms with Crippen molar-refractivity contribution in [3.63, 3.8) is 0 Å². The van der Waals surface area contributed by atoms with Gasteiger partial charge in [-0.3, -0.25) is 0 Å². The number of nitrogens with one attached hydrogen (secondary N) is 1.